The molecule has 0 radical (unpaired) electrons. The summed E-state index contributed by atoms with van der Waals surface area (Å²) in [5.74, 6) is 0.566. The van der Waals surface area contributed by atoms with Crippen molar-refractivity contribution in [2.45, 2.75) is 25.9 Å². The average molecular weight is 390 g/mol. The molecule has 0 spiro atoms. The van der Waals surface area contributed by atoms with Crippen molar-refractivity contribution < 1.29 is 14.3 Å². The summed E-state index contributed by atoms with van der Waals surface area (Å²) in [5, 5.41) is 4.61. The van der Waals surface area contributed by atoms with Gasteiger partial charge < -0.3 is 9.47 Å². The van der Waals surface area contributed by atoms with Crippen molar-refractivity contribution in [1.82, 2.24) is 14.6 Å². The molecule has 1 amide bonds. The van der Waals surface area contributed by atoms with Gasteiger partial charge in [-0.05, 0) is 43.4 Å². The second-order valence-corrected chi connectivity index (χ2v) is 7.80. The van der Waals surface area contributed by atoms with Gasteiger partial charge in [0, 0.05) is 6.61 Å². The zero-order valence-corrected chi connectivity index (χ0v) is 16.1. The second kappa shape index (κ2) is 7.26. The van der Waals surface area contributed by atoms with Gasteiger partial charge in [-0.25, -0.2) is 4.98 Å². The van der Waals surface area contributed by atoms with Crippen LogP contribution in [-0.2, 0) is 4.74 Å². The van der Waals surface area contributed by atoms with E-state index in [1.54, 1.807) is 18.9 Å². The topological polar surface area (TPSA) is 77.4 Å². The maximum Gasteiger partial charge on any atom is 0.273 e. The third-order valence-corrected chi connectivity index (χ3v) is 6.18. The van der Waals surface area contributed by atoms with E-state index in [1.165, 1.54) is 11.3 Å². The van der Waals surface area contributed by atoms with Crippen molar-refractivity contribution in [2.24, 2.45) is 0 Å². The number of hydrogen-bond acceptors (Lipinski definition) is 8. The van der Waals surface area contributed by atoms with Crippen LogP contribution in [0, 0.1) is 6.92 Å². The van der Waals surface area contributed by atoms with Crippen molar-refractivity contribution in [3.63, 3.8) is 0 Å². The molecule has 1 aliphatic heterocycles. The van der Waals surface area contributed by atoms with E-state index in [1.807, 2.05) is 18.2 Å². The third kappa shape index (κ3) is 3.17. The van der Waals surface area contributed by atoms with E-state index >= 15 is 0 Å². The molecule has 1 atom stereocenters. The average Bonchev–Trinajstić information content (AvgIpc) is 3.38. The van der Waals surface area contributed by atoms with Crippen molar-refractivity contribution in [2.75, 3.05) is 25.2 Å². The molecule has 0 saturated carbocycles. The fourth-order valence-corrected chi connectivity index (χ4v) is 4.58. The molecule has 3 heterocycles. The first kappa shape index (κ1) is 17.3. The lowest BCUT2D eigenvalue weighted by atomic mass is 10.2. The lowest BCUT2D eigenvalue weighted by Gasteiger charge is -2.22. The summed E-state index contributed by atoms with van der Waals surface area (Å²) in [6.45, 7) is 3.00. The number of para-hydroxylation sites is 1. The monoisotopic (exact) mass is 390 g/mol. The lowest BCUT2D eigenvalue weighted by Crippen LogP contribution is -2.37. The number of thiazole rings is 1. The van der Waals surface area contributed by atoms with Crippen LogP contribution in [0.2, 0.25) is 0 Å². The Morgan fingerprint density at radius 1 is 1.46 bits per heavy atom. The van der Waals surface area contributed by atoms with Gasteiger partial charge in [-0.3, -0.25) is 9.69 Å². The third-order valence-electron chi connectivity index (χ3n) is 4.32. The predicted octanol–water partition coefficient (Wildman–Crippen LogP) is 3.29. The summed E-state index contributed by atoms with van der Waals surface area (Å²) in [5.41, 5.74) is 1.40. The van der Waals surface area contributed by atoms with Gasteiger partial charge in [0.1, 0.15) is 16.1 Å². The zero-order chi connectivity index (χ0) is 18.1. The van der Waals surface area contributed by atoms with Crippen molar-refractivity contribution in [3.05, 3.63) is 28.8 Å². The number of aryl methyl sites for hydroxylation is 1. The molecule has 4 rings (SSSR count). The summed E-state index contributed by atoms with van der Waals surface area (Å²) in [6, 6.07) is 5.77. The first-order valence-corrected chi connectivity index (χ1v) is 9.92. The number of amides is 1. The van der Waals surface area contributed by atoms with Crippen LogP contribution in [0.3, 0.4) is 0 Å². The smallest absolute Gasteiger partial charge is 0.273 e. The number of methoxy groups -OCH3 is 1. The highest BCUT2D eigenvalue weighted by Crippen LogP contribution is 2.35. The number of rotatable bonds is 5. The number of aromatic nitrogens is 3. The van der Waals surface area contributed by atoms with Crippen LogP contribution in [0.5, 0.6) is 5.75 Å². The Morgan fingerprint density at radius 3 is 3.04 bits per heavy atom. The van der Waals surface area contributed by atoms with Crippen molar-refractivity contribution >= 4 is 44.1 Å². The molecule has 1 fully saturated rings. The molecular formula is C17H18N4O3S2. The van der Waals surface area contributed by atoms with Crippen LogP contribution in [0.4, 0.5) is 5.13 Å². The highest BCUT2D eigenvalue weighted by molar-refractivity contribution is 7.22. The van der Waals surface area contributed by atoms with Gasteiger partial charge in [-0.2, -0.15) is 0 Å². The Bertz CT molecular complexity index is 933. The van der Waals surface area contributed by atoms with Crippen LogP contribution in [0.25, 0.3) is 10.2 Å². The summed E-state index contributed by atoms with van der Waals surface area (Å²) in [7, 11) is 1.62. The Kier molecular flexibility index (Phi) is 4.84. The molecule has 0 N–H and O–H groups in total. The fourth-order valence-electron chi connectivity index (χ4n) is 2.98. The van der Waals surface area contributed by atoms with Gasteiger partial charge in [0.25, 0.3) is 5.91 Å². The molecule has 1 aliphatic rings. The second-order valence-electron chi connectivity index (χ2n) is 6.04. The maximum absolute atomic E-state index is 13.2. The number of carbonyl (C=O) groups is 1. The van der Waals surface area contributed by atoms with Gasteiger partial charge in [0.05, 0.1) is 30.2 Å². The van der Waals surface area contributed by atoms with E-state index in [9.17, 15) is 4.79 Å². The molecule has 0 aliphatic carbocycles. The Balaban J connectivity index is 1.74. The molecule has 9 heteroatoms. The number of carbonyl (C=O) groups excluding carboxylic acids is 1. The quantitative estimate of drug-likeness (QED) is 0.665. The molecule has 1 aromatic carbocycles. The van der Waals surface area contributed by atoms with Crippen molar-refractivity contribution in [3.8, 4) is 5.75 Å². The lowest BCUT2D eigenvalue weighted by molar-refractivity contribution is 0.0920. The molecule has 2 aromatic heterocycles. The number of anilines is 1. The van der Waals surface area contributed by atoms with Crippen LogP contribution in [0.1, 0.15) is 28.2 Å². The minimum Gasteiger partial charge on any atom is -0.494 e. The normalized spacial score (nSPS) is 16.9. The number of nitrogens with zero attached hydrogens (tertiary/aromatic N) is 4. The Labute approximate surface area is 158 Å². The fraction of sp³-hybridized carbons (Fsp3) is 0.412. The molecule has 0 unspecified atom stereocenters. The van der Waals surface area contributed by atoms with E-state index in [-0.39, 0.29) is 12.0 Å². The van der Waals surface area contributed by atoms with Gasteiger partial charge in [0.15, 0.2) is 5.13 Å². The maximum atomic E-state index is 13.2. The standard InChI is InChI=1S/C17H18N4O3S2/c1-10-15(26-20-19-10)16(22)21(9-11-5-4-8-24-11)17-18-14-12(23-2)6-3-7-13(14)25-17/h3,6-7,11H,4-5,8-9H2,1-2H3/t11-/m0/s1. The van der Waals surface area contributed by atoms with Gasteiger partial charge in [-0.15, -0.1) is 5.10 Å². The van der Waals surface area contributed by atoms with Crippen molar-refractivity contribution in [1.29, 1.82) is 0 Å². The van der Waals surface area contributed by atoms with E-state index in [4.69, 9.17) is 14.5 Å². The first-order chi connectivity index (χ1) is 12.7. The number of fused-ring (bicyclic) bond motifs is 1. The minimum atomic E-state index is -0.133. The van der Waals surface area contributed by atoms with E-state index in [0.29, 0.717) is 28.0 Å². The number of hydrogen-bond donors (Lipinski definition) is 0. The molecule has 0 bridgehead atoms. The van der Waals surface area contributed by atoms with Gasteiger partial charge in [-0.1, -0.05) is 21.9 Å². The Hall–Kier alpha value is -2.10. The number of ether oxygens (including phenoxy) is 2. The van der Waals surface area contributed by atoms with Crippen LogP contribution in [-0.4, -0.2) is 46.8 Å². The summed E-state index contributed by atoms with van der Waals surface area (Å²) < 4.78 is 16.0. The van der Waals surface area contributed by atoms with E-state index < -0.39 is 0 Å². The SMILES string of the molecule is COc1cccc2sc(N(C[C@@H]3CCCO3)C(=O)c3snnc3C)nc12. The van der Waals surface area contributed by atoms with Gasteiger partial charge in [0.2, 0.25) is 0 Å². The summed E-state index contributed by atoms with van der Waals surface area (Å²) >= 11 is 2.58. The molecule has 1 saturated heterocycles. The zero-order valence-electron chi connectivity index (χ0n) is 14.5. The highest BCUT2D eigenvalue weighted by atomic mass is 32.1. The van der Waals surface area contributed by atoms with E-state index in [0.717, 1.165) is 41.2 Å². The van der Waals surface area contributed by atoms with Crippen LogP contribution >= 0.6 is 22.9 Å². The first-order valence-electron chi connectivity index (χ1n) is 8.33. The molecule has 3 aromatic rings. The molecule has 7 nitrogen and oxygen atoms in total. The highest BCUT2D eigenvalue weighted by Gasteiger charge is 2.29. The minimum absolute atomic E-state index is 0.0223. The molecular weight excluding hydrogens is 372 g/mol. The predicted molar refractivity (Wildman–Crippen MR) is 101 cm³/mol. The largest absolute Gasteiger partial charge is 0.494 e. The Morgan fingerprint density at radius 2 is 2.35 bits per heavy atom. The summed E-state index contributed by atoms with van der Waals surface area (Å²) in [4.78, 5) is 20.1. The van der Waals surface area contributed by atoms with Crippen LogP contribution < -0.4 is 9.64 Å². The molecule has 136 valence electrons. The molecule has 26 heavy (non-hydrogen) atoms. The number of benzene rings is 1. The van der Waals surface area contributed by atoms with Gasteiger partial charge >= 0.3 is 0 Å². The van der Waals surface area contributed by atoms with E-state index in [2.05, 4.69) is 9.59 Å². The summed E-state index contributed by atoms with van der Waals surface area (Å²) in [6.07, 6.45) is 1.98. The van der Waals surface area contributed by atoms with Crippen LogP contribution in [0.15, 0.2) is 18.2 Å².